The van der Waals surface area contributed by atoms with Gasteiger partial charge in [-0.1, -0.05) is 41.5 Å². The van der Waals surface area contributed by atoms with Gasteiger partial charge in [0.1, 0.15) is 0 Å². The lowest BCUT2D eigenvalue weighted by molar-refractivity contribution is 0.715. The van der Waals surface area contributed by atoms with Gasteiger partial charge in [0.15, 0.2) is 5.82 Å². The average Bonchev–Trinajstić information content (AvgIpc) is 2.66. The van der Waals surface area contributed by atoms with Crippen LogP contribution in [-0.2, 0) is 6.54 Å². The molecule has 0 spiro atoms. The Labute approximate surface area is 112 Å². The fourth-order valence-corrected chi connectivity index (χ4v) is 2.61. The first kappa shape index (κ1) is 11.8. The molecule has 2 N–H and O–H groups in total. The Morgan fingerprint density at radius 1 is 1.05 bits per heavy atom. The molecule has 0 aliphatic carbocycles. The third-order valence-corrected chi connectivity index (χ3v) is 3.30. The molecule has 0 atom stereocenters. The third kappa shape index (κ3) is 2.19. The number of hydrogen-bond acceptors (Lipinski definition) is 2. The second kappa shape index (κ2) is 4.43. The van der Waals surface area contributed by atoms with Gasteiger partial charge in [0.2, 0.25) is 0 Å². The first-order valence-corrected chi connectivity index (χ1v) is 6.42. The highest BCUT2D eigenvalue weighted by atomic mass is 15.3. The molecule has 0 radical (unpaired) electrons. The van der Waals surface area contributed by atoms with E-state index in [1.807, 2.05) is 22.9 Å². The SMILES string of the molecule is Cc1cc(C)cc(Cn2nc(N)c3ccccc32)c1. The summed E-state index contributed by atoms with van der Waals surface area (Å²) >= 11 is 0. The maximum absolute atomic E-state index is 5.96. The number of fused-ring (bicyclic) bond motifs is 1. The van der Waals surface area contributed by atoms with Gasteiger partial charge in [0.05, 0.1) is 12.1 Å². The Kier molecular flexibility index (Phi) is 2.75. The molecule has 0 saturated heterocycles. The van der Waals surface area contributed by atoms with Crippen molar-refractivity contribution in [2.45, 2.75) is 20.4 Å². The van der Waals surface area contributed by atoms with Crippen LogP contribution >= 0.6 is 0 Å². The fourth-order valence-electron chi connectivity index (χ4n) is 2.61. The van der Waals surface area contributed by atoms with E-state index in [-0.39, 0.29) is 0 Å². The van der Waals surface area contributed by atoms with Crippen molar-refractivity contribution in [2.24, 2.45) is 0 Å². The molecule has 0 bridgehead atoms. The largest absolute Gasteiger partial charge is 0.382 e. The lowest BCUT2D eigenvalue weighted by Gasteiger charge is -2.06. The predicted octanol–water partition coefficient (Wildman–Crippen LogP) is 3.28. The van der Waals surface area contributed by atoms with Gasteiger partial charge in [0, 0.05) is 5.39 Å². The molecule has 1 heterocycles. The van der Waals surface area contributed by atoms with Crippen molar-refractivity contribution < 1.29 is 0 Å². The van der Waals surface area contributed by atoms with Crippen molar-refractivity contribution in [1.82, 2.24) is 9.78 Å². The lowest BCUT2D eigenvalue weighted by Crippen LogP contribution is -2.02. The summed E-state index contributed by atoms with van der Waals surface area (Å²) in [5.74, 6) is 0.597. The maximum atomic E-state index is 5.96. The van der Waals surface area contributed by atoms with Crippen molar-refractivity contribution in [2.75, 3.05) is 5.73 Å². The molecular weight excluding hydrogens is 234 g/mol. The van der Waals surface area contributed by atoms with E-state index in [1.54, 1.807) is 0 Å². The smallest absolute Gasteiger partial charge is 0.153 e. The van der Waals surface area contributed by atoms with Gasteiger partial charge < -0.3 is 5.73 Å². The minimum atomic E-state index is 0.597. The topological polar surface area (TPSA) is 43.8 Å². The summed E-state index contributed by atoms with van der Waals surface area (Å²) in [7, 11) is 0. The number of para-hydroxylation sites is 1. The molecule has 0 aliphatic heterocycles. The van der Waals surface area contributed by atoms with Crippen molar-refractivity contribution in [3.63, 3.8) is 0 Å². The number of nitrogens with zero attached hydrogens (tertiary/aromatic N) is 2. The Morgan fingerprint density at radius 2 is 1.74 bits per heavy atom. The summed E-state index contributed by atoms with van der Waals surface area (Å²) in [5.41, 5.74) is 10.9. The summed E-state index contributed by atoms with van der Waals surface area (Å²) in [6.45, 7) is 4.98. The Morgan fingerprint density at radius 3 is 2.47 bits per heavy atom. The van der Waals surface area contributed by atoms with E-state index in [1.165, 1.54) is 16.7 Å². The molecule has 2 aromatic carbocycles. The van der Waals surface area contributed by atoms with Crippen LogP contribution in [0.5, 0.6) is 0 Å². The zero-order valence-electron chi connectivity index (χ0n) is 11.2. The summed E-state index contributed by atoms with van der Waals surface area (Å²) in [6.07, 6.45) is 0. The average molecular weight is 251 g/mol. The number of aromatic nitrogens is 2. The highest BCUT2D eigenvalue weighted by Gasteiger charge is 2.07. The van der Waals surface area contributed by atoms with E-state index in [0.717, 1.165) is 17.4 Å². The number of anilines is 1. The van der Waals surface area contributed by atoms with Crippen LogP contribution in [0.2, 0.25) is 0 Å². The van der Waals surface area contributed by atoms with Crippen molar-refractivity contribution in [3.05, 3.63) is 59.2 Å². The van der Waals surface area contributed by atoms with Crippen LogP contribution in [0.3, 0.4) is 0 Å². The monoisotopic (exact) mass is 251 g/mol. The summed E-state index contributed by atoms with van der Waals surface area (Å²) in [5, 5.41) is 5.46. The zero-order chi connectivity index (χ0) is 13.4. The lowest BCUT2D eigenvalue weighted by atomic mass is 10.1. The summed E-state index contributed by atoms with van der Waals surface area (Å²) < 4.78 is 1.97. The van der Waals surface area contributed by atoms with Gasteiger partial charge in [-0.3, -0.25) is 4.68 Å². The highest BCUT2D eigenvalue weighted by molar-refractivity contribution is 5.89. The number of nitrogens with two attached hydrogens (primary N) is 1. The van der Waals surface area contributed by atoms with E-state index >= 15 is 0 Å². The van der Waals surface area contributed by atoms with Gasteiger partial charge >= 0.3 is 0 Å². The molecule has 0 aliphatic rings. The normalized spacial score (nSPS) is 11.1. The molecular formula is C16H17N3. The van der Waals surface area contributed by atoms with Crippen molar-refractivity contribution >= 4 is 16.7 Å². The third-order valence-electron chi connectivity index (χ3n) is 3.30. The molecule has 96 valence electrons. The van der Waals surface area contributed by atoms with Crippen LogP contribution in [0.1, 0.15) is 16.7 Å². The summed E-state index contributed by atoms with van der Waals surface area (Å²) in [4.78, 5) is 0. The molecule has 0 amide bonds. The van der Waals surface area contributed by atoms with Gasteiger partial charge in [-0.2, -0.15) is 5.10 Å². The van der Waals surface area contributed by atoms with Crippen molar-refractivity contribution in [1.29, 1.82) is 0 Å². The molecule has 3 heteroatoms. The van der Waals surface area contributed by atoms with Crippen LogP contribution in [0, 0.1) is 13.8 Å². The second-order valence-electron chi connectivity index (χ2n) is 5.06. The number of nitrogen functional groups attached to an aromatic ring is 1. The van der Waals surface area contributed by atoms with Gasteiger partial charge in [0.25, 0.3) is 0 Å². The Hall–Kier alpha value is -2.29. The first-order chi connectivity index (χ1) is 9.13. The van der Waals surface area contributed by atoms with E-state index in [2.05, 4.69) is 43.2 Å². The number of aryl methyl sites for hydroxylation is 2. The molecule has 19 heavy (non-hydrogen) atoms. The molecule has 0 unspecified atom stereocenters. The summed E-state index contributed by atoms with van der Waals surface area (Å²) in [6, 6.07) is 14.6. The van der Waals surface area contributed by atoms with Gasteiger partial charge in [-0.15, -0.1) is 0 Å². The molecule has 3 rings (SSSR count). The number of rotatable bonds is 2. The van der Waals surface area contributed by atoms with Gasteiger partial charge in [-0.25, -0.2) is 0 Å². The Bertz CT molecular complexity index is 721. The van der Waals surface area contributed by atoms with Crippen LogP contribution in [0.4, 0.5) is 5.82 Å². The molecule has 0 fully saturated rings. The zero-order valence-corrected chi connectivity index (χ0v) is 11.2. The van der Waals surface area contributed by atoms with E-state index < -0.39 is 0 Å². The number of benzene rings is 2. The fraction of sp³-hybridized carbons (Fsp3) is 0.188. The van der Waals surface area contributed by atoms with Crippen LogP contribution < -0.4 is 5.73 Å². The molecule has 0 saturated carbocycles. The number of hydrogen-bond donors (Lipinski definition) is 1. The Balaban J connectivity index is 2.06. The molecule has 3 nitrogen and oxygen atoms in total. The van der Waals surface area contributed by atoms with E-state index in [4.69, 9.17) is 5.73 Å². The minimum Gasteiger partial charge on any atom is -0.382 e. The van der Waals surface area contributed by atoms with Crippen molar-refractivity contribution in [3.8, 4) is 0 Å². The molecule has 3 aromatic rings. The maximum Gasteiger partial charge on any atom is 0.153 e. The van der Waals surface area contributed by atoms with Crippen LogP contribution in [0.15, 0.2) is 42.5 Å². The van der Waals surface area contributed by atoms with E-state index in [9.17, 15) is 0 Å². The first-order valence-electron chi connectivity index (χ1n) is 6.42. The molecule has 1 aromatic heterocycles. The second-order valence-corrected chi connectivity index (χ2v) is 5.06. The van der Waals surface area contributed by atoms with Crippen LogP contribution in [-0.4, -0.2) is 9.78 Å². The standard InChI is InChI=1S/C16H17N3/c1-11-7-12(2)9-13(8-11)10-19-15-6-4-3-5-14(15)16(17)18-19/h3-9H,10H2,1-2H3,(H2,17,18). The quantitative estimate of drug-likeness (QED) is 0.759. The van der Waals surface area contributed by atoms with Crippen LogP contribution in [0.25, 0.3) is 10.9 Å². The predicted molar refractivity (Wildman–Crippen MR) is 79.2 cm³/mol. The highest BCUT2D eigenvalue weighted by Crippen LogP contribution is 2.21. The van der Waals surface area contributed by atoms with E-state index in [0.29, 0.717) is 5.82 Å². The van der Waals surface area contributed by atoms with Gasteiger partial charge in [-0.05, 0) is 31.5 Å². The minimum absolute atomic E-state index is 0.597.